The van der Waals surface area contributed by atoms with E-state index >= 15 is 0 Å². The molecule has 0 aliphatic heterocycles. The van der Waals surface area contributed by atoms with Crippen LogP contribution in [-0.2, 0) is 6.42 Å². The zero-order valence-corrected chi connectivity index (χ0v) is 11.5. The first-order chi connectivity index (χ1) is 10.2. The number of tetrazole rings is 1. The summed E-state index contributed by atoms with van der Waals surface area (Å²) in [6.45, 7) is 2.08. The highest BCUT2D eigenvalue weighted by molar-refractivity contribution is 5.63. The summed E-state index contributed by atoms with van der Waals surface area (Å²) in [6.07, 6.45) is 0.951. The summed E-state index contributed by atoms with van der Waals surface area (Å²) in [5, 5.41) is 11.5. The van der Waals surface area contributed by atoms with E-state index in [4.69, 9.17) is 5.73 Å². The van der Waals surface area contributed by atoms with E-state index in [0.717, 1.165) is 12.1 Å². The number of hydrogen-bond donors (Lipinski definition) is 1. The van der Waals surface area contributed by atoms with Crippen molar-refractivity contribution in [2.45, 2.75) is 13.3 Å². The molecule has 0 saturated heterocycles. The minimum absolute atomic E-state index is 0.277. The molecular formula is C15H14FN5. The van der Waals surface area contributed by atoms with Crippen molar-refractivity contribution in [2.75, 3.05) is 5.73 Å². The summed E-state index contributed by atoms with van der Waals surface area (Å²) in [6, 6.07) is 12.1. The standard InChI is InChI=1S/C15H14FN5/c1-2-10-3-6-12(7-4-10)21-15(18-19-20-21)13-9-11(17)5-8-14(13)16/h3-9H,2,17H2,1H3. The minimum Gasteiger partial charge on any atom is -0.399 e. The van der Waals surface area contributed by atoms with Gasteiger partial charge in [0.05, 0.1) is 11.3 Å². The van der Waals surface area contributed by atoms with Gasteiger partial charge in [0.1, 0.15) is 5.82 Å². The molecule has 0 saturated carbocycles. The molecule has 0 radical (unpaired) electrons. The number of aryl methyl sites for hydroxylation is 1. The van der Waals surface area contributed by atoms with E-state index in [1.807, 2.05) is 24.3 Å². The quantitative estimate of drug-likeness (QED) is 0.750. The molecule has 0 amide bonds. The molecule has 0 unspecified atom stereocenters. The Labute approximate surface area is 121 Å². The van der Waals surface area contributed by atoms with Gasteiger partial charge >= 0.3 is 0 Å². The Morgan fingerprint density at radius 1 is 1.14 bits per heavy atom. The molecule has 0 aliphatic carbocycles. The van der Waals surface area contributed by atoms with Crippen LogP contribution < -0.4 is 5.73 Å². The molecule has 0 bridgehead atoms. The van der Waals surface area contributed by atoms with E-state index in [0.29, 0.717) is 11.5 Å². The number of nitrogens with zero attached hydrogens (tertiary/aromatic N) is 4. The molecule has 21 heavy (non-hydrogen) atoms. The molecule has 2 N–H and O–H groups in total. The summed E-state index contributed by atoms with van der Waals surface area (Å²) in [7, 11) is 0. The lowest BCUT2D eigenvalue weighted by Crippen LogP contribution is -2.01. The van der Waals surface area contributed by atoms with Crippen molar-refractivity contribution < 1.29 is 4.39 Å². The zero-order valence-electron chi connectivity index (χ0n) is 11.5. The molecule has 2 aromatic carbocycles. The van der Waals surface area contributed by atoms with Crippen molar-refractivity contribution >= 4 is 5.69 Å². The molecule has 0 fully saturated rings. The maximum absolute atomic E-state index is 14.0. The molecular weight excluding hydrogens is 269 g/mol. The second kappa shape index (κ2) is 5.32. The van der Waals surface area contributed by atoms with E-state index in [1.54, 1.807) is 0 Å². The van der Waals surface area contributed by atoms with Gasteiger partial charge in [-0.2, -0.15) is 4.68 Å². The Balaban J connectivity index is 2.10. The second-order valence-corrected chi connectivity index (χ2v) is 4.67. The van der Waals surface area contributed by atoms with Crippen LogP contribution in [0.1, 0.15) is 12.5 Å². The lowest BCUT2D eigenvalue weighted by atomic mass is 10.1. The first kappa shape index (κ1) is 13.2. The van der Waals surface area contributed by atoms with Gasteiger partial charge in [0, 0.05) is 5.69 Å². The molecule has 1 heterocycles. The highest BCUT2D eigenvalue weighted by Crippen LogP contribution is 2.24. The monoisotopic (exact) mass is 283 g/mol. The summed E-state index contributed by atoms with van der Waals surface area (Å²) >= 11 is 0. The fraction of sp³-hybridized carbons (Fsp3) is 0.133. The third-order valence-corrected chi connectivity index (χ3v) is 3.29. The van der Waals surface area contributed by atoms with Gasteiger partial charge < -0.3 is 5.73 Å². The van der Waals surface area contributed by atoms with Gasteiger partial charge in [0.15, 0.2) is 5.82 Å². The maximum Gasteiger partial charge on any atom is 0.190 e. The van der Waals surface area contributed by atoms with Crippen LogP contribution in [0.5, 0.6) is 0 Å². The summed E-state index contributed by atoms with van der Waals surface area (Å²) in [5.41, 5.74) is 8.44. The van der Waals surface area contributed by atoms with Crippen LogP contribution in [0.3, 0.4) is 0 Å². The predicted octanol–water partition coefficient (Wildman–Crippen LogP) is 2.61. The molecule has 5 nitrogen and oxygen atoms in total. The van der Waals surface area contributed by atoms with E-state index in [2.05, 4.69) is 22.4 Å². The highest BCUT2D eigenvalue weighted by atomic mass is 19.1. The molecule has 0 aliphatic rings. The first-order valence-corrected chi connectivity index (χ1v) is 6.62. The Kier molecular flexibility index (Phi) is 3.35. The normalized spacial score (nSPS) is 10.8. The summed E-state index contributed by atoms with van der Waals surface area (Å²) < 4.78 is 15.5. The highest BCUT2D eigenvalue weighted by Gasteiger charge is 2.15. The largest absolute Gasteiger partial charge is 0.399 e. The van der Waals surface area contributed by atoms with Crippen LogP contribution in [0.2, 0.25) is 0 Å². The van der Waals surface area contributed by atoms with Crippen molar-refractivity contribution in [1.82, 2.24) is 20.2 Å². The van der Waals surface area contributed by atoms with E-state index in [1.165, 1.54) is 28.4 Å². The van der Waals surface area contributed by atoms with Crippen LogP contribution in [0, 0.1) is 5.82 Å². The van der Waals surface area contributed by atoms with Gasteiger partial charge in [0.2, 0.25) is 0 Å². The molecule has 1 aromatic heterocycles. The number of benzene rings is 2. The third-order valence-electron chi connectivity index (χ3n) is 3.29. The molecule has 6 heteroatoms. The first-order valence-electron chi connectivity index (χ1n) is 6.62. The lowest BCUT2D eigenvalue weighted by Gasteiger charge is -2.07. The van der Waals surface area contributed by atoms with Crippen LogP contribution in [-0.4, -0.2) is 20.2 Å². The van der Waals surface area contributed by atoms with Gasteiger partial charge in [-0.15, -0.1) is 5.10 Å². The van der Waals surface area contributed by atoms with Gasteiger partial charge in [-0.3, -0.25) is 0 Å². The third kappa shape index (κ3) is 2.47. The second-order valence-electron chi connectivity index (χ2n) is 4.67. The molecule has 3 rings (SSSR count). The van der Waals surface area contributed by atoms with Crippen molar-refractivity contribution in [1.29, 1.82) is 0 Å². The number of anilines is 1. The zero-order chi connectivity index (χ0) is 14.8. The minimum atomic E-state index is -0.412. The van der Waals surface area contributed by atoms with Crippen LogP contribution in [0.4, 0.5) is 10.1 Å². The Morgan fingerprint density at radius 2 is 1.90 bits per heavy atom. The Hall–Kier alpha value is -2.76. The van der Waals surface area contributed by atoms with Gasteiger partial charge in [-0.05, 0) is 52.7 Å². The van der Waals surface area contributed by atoms with E-state index in [-0.39, 0.29) is 5.56 Å². The smallest absolute Gasteiger partial charge is 0.190 e. The fourth-order valence-corrected chi connectivity index (χ4v) is 2.12. The molecule has 106 valence electrons. The molecule has 3 aromatic rings. The van der Waals surface area contributed by atoms with Crippen molar-refractivity contribution in [3.8, 4) is 17.1 Å². The maximum atomic E-state index is 14.0. The summed E-state index contributed by atoms with van der Waals surface area (Å²) in [4.78, 5) is 0. The Bertz CT molecular complexity index is 764. The predicted molar refractivity (Wildman–Crippen MR) is 78.3 cm³/mol. The van der Waals surface area contributed by atoms with Crippen molar-refractivity contribution in [3.05, 3.63) is 53.8 Å². The topological polar surface area (TPSA) is 69.6 Å². The van der Waals surface area contributed by atoms with Crippen LogP contribution >= 0.6 is 0 Å². The number of hydrogen-bond acceptors (Lipinski definition) is 4. The number of nitrogen functional groups attached to an aromatic ring is 1. The van der Waals surface area contributed by atoms with Gasteiger partial charge in [-0.25, -0.2) is 4.39 Å². The van der Waals surface area contributed by atoms with Crippen molar-refractivity contribution in [3.63, 3.8) is 0 Å². The fourth-order valence-electron chi connectivity index (χ4n) is 2.12. The van der Waals surface area contributed by atoms with Crippen molar-refractivity contribution in [2.24, 2.45) is 0 Å². The molecule has 0 spiro atoms. The number of nitrogens with two attached hydrogens (primary N) is 1. The van der Waals surface area contributed by atoms with Gasteiger partial charge in [-0.1, -0.05) is 19.1 Å². The lowest BCUT2D eigenvalue weighted by molar-refractivity contribution is 0.629. The Morgan fingerprint density at radius 3 is 2.62 bits per heavy atom. The summed E-state index contributed by atoms with van der Waals surface area (Å²) in [5.74, 6) is -0.0884. The van der Waals surface area contributed by atoms with Crippen LogP contribution in [0.15, 0.2) is 42.5 Å². The molecule has 0 atom stereocenters. The average molecular weight is 283 g/mol. The van der Waals surface area contributed by atoms with Gasteiger partial charge in [0.25, 0.3) is 0 Å². The van der Waals surface area contributed by atoms with E-state index < -0.39 is 5.82 Å². The van der Waals surface area contributed by atoms with Crippen LogP contribution in [0.25, 0.3) is 17.1 Å². The SMILES string of the molecule is CCc1ccc(-n2nnnc2-c2cc(N)ccc2F)cc1. The average Bonchev–Trinajstić information content (AvgIpc) is 2.99. The number of halogens is 1. The van der Waals surface area contributed by atoms with E-state index in [9.17, 15) is 4.39 Å². The number of aromatic nitrogens is 4. The number of rotatable bonds is 3.